The highest BCUT2D eigenvalue weighted by molar-refractivity contribution is 5.24. The Labute approximate surface area is 106 Å². The van der Waals surface area contributed by atoms with E-state index in [1.165, 1.54) is 6.07 Å². The number of aliphatic hydroxyl groups excluding tert-OH is 1. The molecule has 2 atom stereocenters. The molecule has 0 heterocycles. The third-order valence-corrected chi connectivity index (χ3v) is 2.91. The molecule has 1 aromatic carbocycles. The number of rotatable bonds is 6. The highest BCUT2D eigenvalue weighted by Crippen LogP contribution is 2.21. The molecule has 2 unspecified atom stereocenters. The Bertz CT molecular complexity index is 395. The molecule has 0 aliphatic rings. The van der Waals surface area contributed by atoms with E-state index < -0.39 is 17.2 Å². The van der Waals surface area contributed by atoms with E-state index in [0.717, 1.165) is 12.1 Å². The van der Waals surface area contributed by atoms with Gasteiger partial charge in [0.25, 0.3) is 0 Å². The average molecular weight is 259 g/mol. The molecule has 0 fully saturated rings. The number of likely N-dealkylation sites (N-methyl/N-ethyl adjacent to an activating group) is 1. The van der Waals surface area contributed by atoms with Crippen LogP contribution in [0.4, 0.5) is 8.78 Å². The Morgan fingerprint density at radius 1 is 1.44 bits per heavy atom. The largest absolute Gasteiger partial charge is 0.488 e. The van der Waals surface area contributed by atoms with Crippen LogP contribution in [0.2, 0.25) is 0 Å². The van der Waals surface area contributed by atoms with E-state index in [-0.39, 0.29) is 18.5 Å². The number of hydrogen-bond donors (Lipinski definition) is 2. The van der Waals surface area contributed by atoms with Crippen LogP contribution in [0.3, 0.4) is 0 Å². The van der Waals surface area contributed by atoms with E-state index in [0.29, 0.717) is 6.42 Å². The Hall–Kier alpha value is -1.20. The second kappa shape index (κ2) is 6.11. The molecular formula is C13H19F2NO2. The third-order valence-electron chi connectivity index (χ3n) is 2.91. The van der Waals surface area contributed by atoms with Crippen molar-refractivity contribution in [3.8, 4) is 5.75 Å². The molecule has 0 saturated carbocycles. The minimum Gasteiger partial charge on any atom is -0.488 e. The number of nitrogens with one attached hydrogen (secondary N) is 1. The van der Waals surface area contributed by atoms with E-state index in [1.54, 1.807) is 14.0 Å². The van der Waals surface area contributed by atoms with Gasteiger partial charge in [0.15, 0.2) is 11.6 Å². The van der Waals surface area contributed by atoms with Crippen LogP contribution in [0.15, 0.2) is 18.2 Å². The number of benzene rings is 1. The van der Waals surface area contributed by atoms with Crippen molar-refractivity contribution >= 4 is 0 Å². The fourth-order valence-electron chi connectivity index (χ4n) is 1.71. The van der Waals surface area contributed by atoms with Crippen LogP contribution in [0.25, 0.3) is 0 Å². The molecule has 0 saturated heterocycles. The highest BCUT2D eigenvalue weighted by atomic mass is 19.1. The maximum absolute atomic E-state index is 13.4. The lowest BCUT2D eigenvalue weighted by Gasteiger charge is -2.30. The molecule has 102 valence electrons. The van der Waals surface area contributed by atoms with Gasteiger partial charge in [-0.3, -0.25) is 0 Å². The first-order valence-electron chi connectivity index (χ1n) is 5.81. The maximum Gasteiger partial charge on any atom is 0.167 e. The third kappa shape index (κ3) is 3.92. The lowest BCUT2D eigenvalue weighted by atomic mass is 9.96. The van der Waals surface area contributed by atoms with E-state index in [4.69, 9.17) is 4.74 Å². The lowest BCUT2D eigenvalue weighted by molar-refractivity contribution is 0.112. The van der Waals surface area contributed by atoms with Gasteiger partial charge in [-0.05, 0) is 33.0 Å². The Morgan fingerprint density at radius 2 is 2.11 bits per heavy atom. The standard InChI is InChI=1S/C13H19F2NO2/c1-9(7-13(2,8-17)16-3)18-12-5-4-10(14)6-11(12)15/h4-6,9,16-17H,7-8H2,1-3H3. The molecule has 0 aliphatic carbocycles. The summed E-state index contributed by atoms with van der Waals surface area (Å²) >= 11 is 0. The Kier molecular flexibility index (Phi) is 5.04. The fourth-order valence-corrected chi connectivity index (χ4v) is 1.71. The van der Waals surface area contributed by atoms with Crippen LogP contribution in [-0.2, 0) is 0 Å². The van der Waals surface area contributed by atoms with Gasteiger partial charge >= 0.3 is 0 Å². The van der Waals surface area contributed by atoms with Gasteiger partial charge in [-0.2, -0.15) is 0 Å². The van der Waals surface area contributed by atoms with Crippen LogP contribution < -0.4 is 10.1 Å². The molecule has 0 aliphatic heterocycles. The summed E-state index contributed by atoms with van der Waals surface area (Å²) in [6, 6.07) is 3.19. The van der Waals surface area contributed by atoms with Crippen LogP contribution in [0.1, 0.15) is 20.3 Å². The first kappa shape index (κ1) is 14.9. The molecule has 2 N–H and O–H groups in total. The number of aliphatic hydroxyl groups is 1. The van der Waals surface area contributed by atoms with Crippen molar-refractivity contribution in [3.63, 3.8) is 0 Å². The second-order valence-corrected chi connectivity index (χ2v) is 4.68. The summed E-state index contributed by atoms with van der Waals surface area (Å²) in [5.41, 5.74) is -0.490. The van der Waals surface area contributed by atoms with E-state index in [1.807, 2.05) is 6.92 Å². The molecule has 18 heavy (non-hydrogen) atoms. The topological polar surface area (TPSA) is 41.5 Å². The Morgan fingerprint density at radius 3 is 2.61 bits per heavy atom. The molecule has 0 aromatic heterocycles. The normalized spacial score (nSPS) is 16.1. The molecule has 0 amide bonds. The second-order valence-electron chi connectivity index (χ2n) is 4.68. The van der Waals surface area contributed by atoms with E-state index in [9.17, 15) is 13.9 Å². The predicted molar refractivity (Wildman–Crippen MR) is 65.6 cm³/mol. The van der Waals surface area contributed by atoms with Gasteiger partial charge < -0.3 is 15.2 Å². The number of ether oxygens (including phenoxy) is 1. The van der Waals surface area contributed by atoms with Crippen LogP contribution in [-0.4, -0.2) is 30.4 Å². The summed E-state index contributed by atoms with van der Waals surface area (Å²) in [7, 11) is 1.74. The monoisotopic (exact) mass is 259 g/mol. The molecule has 1 rings (SSSR count). The van der Waals surface area contributed by atoms with Crippen molar-refractivity contribution in [2.75, 3.05) is 13.7 Å². The minimum absolute atomic E-state index is 0.0142. The molecule has 1 aromatic rings. The zero-order valence-corrected chi connectivity index (χ0v) is 10.8. The average Bonchev–Trinajstić information content (AvgIpc) is 2.32. The highest BCUT2D eigenvalue weighted by Gasteiger charge is 2.25. The molecule has 0 bridgehead atoms. The predicted octanol–water partition coefficient (Wildman–Crippen LogP) is 2.09. The van der Waals surface area contributed by atoms with E-state index >= 15 is 0 Å². The molecule has 0 spiro atoms. The van der Waals surface area contributed by atoms with Crippen LogP contribution in [0.5, 0.6) is 5.75 Å². The van der Waals surface area contributed by atoms with Crippen molar-refractivity contribution in [1.82, 2.24) is 5.32 Å². The van der Waals surface area contributed by atoms with Crippen molar-refractivity contribution in [2.24, 2.45) is 0 Å². The number of hydrogen-bond acceptors (Lipinski definition) is 3. The maximum atomic E-state index is 13.4. The van der Waals surface area contributed by atoms with Crippen LogP contribution >= 0.6 is 0 Å². The summed E-state index contributed by atoms with van der Waals surface area (Å²) in [5, 5.41) is 12.2. The smallest absolute Gasteiger partial charge is 0.167 e. The molecular weight excluding hydrogens is 240 g/mol. The van der Waals surface area contributed by atoms with Gasteiger partial charge in [-0.15, -0.1) is 0 Å². The SMILES string of the molecule is CNC(C)(CO)CC(C)Oc1ccc(F)cc1F. The minimum atomic E-state index is -0.725. The van der Waals surface area contributed by atoms with E-state index in [2.05, 4.69) is 5.32 Å². The van der Waals surface area contributed by atoms with Crippen molar-refractivity contribution in [2.45, 2.75) is 31.9 Å². The van der Waals surface area contributed by atoms with Gasteiger partial charge in [-0.1, -0.05) is 0 Å². The van der Waals surface area contributed by atoms with Crippen molar-refractivity contribution < 1.29 is 18.6 Å². The summed E-state index contributed by atoms with van der Waals surface area (Å²) in [6.45, 7) is 3.56. The molecule has 3 nitrogen and oxygen atoms in total. The first-order chi connectivity index (χ1) is 8.40. The lowest BCUT2D eigenvalue weighted by Crippen LogP contribution is -2.46. The molecule has 5 heteroatoms. The summed E-state index contributed by atoms with van der Waals surface area (Å²) < 4.78 is 31.5. The van der Waals surface area contributed by atoms with Crippen LogP contribution in [0, 0.1) is 11.6 Å². The van der Waals surface area contributed by atoms with Crippen molar-refractivity contribution in [1.29, 1.82) is 0 Å². The van der Waals surface area contributed by atoms with Gasteiger partial charge in [0, 0.05) is 18.0 Å². The summed E-state index contributed by atoms with van der Waals surface area (Å²) in [6.07, 6.45) is 0.186. The van der Waals surface area contributed by atoms with Gasteiger partial charge in [0.1, 0.15) is 5.82 Å². The summed E-state index contributed by atoms with van der Waals surface area (Å²) in [5.74, 6) is -1.35. The zero-order chi connectivity index (χ0) is 13.8. The first-order valence-corrected chi connectivity index (χ1v) is 5.81. The molecule has 0 radical (unpaired) electrons. The van der Waals surface area contributed by atoms with Gasteiger partial charge in [0.05, 0.1) is 12.7 Å². The van der Waals surface area contributed by atoms with Crippen molar-refractivity contribution in [3.05, 3.63) is 29.8 Å². The van der Waals surface area contributed by atoms with Gasteiger partial charge in [-0.25, -0.2) is 8.78 Å². The van der Waals surface area contributed by atoms with Gasteiger partial charge in [0.2, 0.25) is 0 Å². The Balaban J connectivity index is 2.67. The fraction of sp³-hybridized carbons (Fsp3) is 0.538. The number of halogens is 2. The summed E-state index contributed by atoms with van der Waals surface area (Å²) in [4.78, 5) is 0. The zero-order valence-electron chi connectivity index (χ0n) is 10.8. The quantitative estimate of drug-likeness (QED) is 0.822.